The molecule has 0 aliphatic carbocycles. The predicted octanol–water partition coefficient (Wildman–Crippen LogP) is 7.44. The van der Waals surface area contributed by atoms with Crippen molar-refractivity contribution in [3.8, 4) is 11.5 Å². The Morgan fingerprint density at radius 3 is 1.81 bits per heavy atom. The lowest BCUT2D eigenvalue weighted by atomic mass is 9.91. The second-order valence-electron chi connectivity index (χ2n) is 12.7. The molecule has 2 atom stereocenters. The van der Waals surface area contributed by atoms with Gasteiger partial charge in [-0.3, -0.25) is 9.69 Å². The number of benzene rings is 3. The summed E-state index contributed by atoms with van der Waals surface area (Å²) in [5.41, 5.74) is 1.89. The van der Waals surface area contributed by atoms with E-state index in [1.807, 2.05) is 114 Å². The average Bonchev–Trinajstić information content (AvgIpc) is 3.18. The van der Waals surface area contributed by atoms with E-state index in [4.69, 9.17) is 14.2 Å². The quantitative estimate of drug-likeness (QED) is 0.231. The molecule has 0 aromatic heterocycles. The van der Waals surface area contributed by atoms with E-state index in [0.29, 0.717) is 31.1 Å². The van der Waals surface area contributed by atoms with E-state index in [2.05, 4.69) is 22.6 Å². The van der Waals surface area contributed by atoms with Crippen LogP contribution in [-0.4, -0.2) is 46.7 Å². The fourth-order valence-corrected chi connectivity index (χ4v) is 5.85. The van der Waals surface area contributed by atoms with Crippen LogP contribution in [-0.2, 0) is 29.2 Å². The topological polar surface area (TPSA) is 68.3 Å². The monoisotopic (exact) mass is 684 g/mol. The lowest BCUT2D eigenvalue weighted by Crippen LogP contribution is -2.52. The smallest absolute Gasteiger partial charge is 0.412 e. The molecule has 4 rings (SSSR count). The fourth-order valence-electron chi connectivity index (χ4n) is 5.20. The standard InChI is InChI=1S/C34H41IN2O5/c1-33(2,3)31-36(7)30(38)27(37(31)32(39)42-34(4,5)6)18-25-19-28(40-21-23-14-10-8-11-15-23)29(20-26(25)35)41-22-24-16-12-9-13-17-24/h8-17,19-20,27,31H,18,21-22H2,1-7H3/t27-,31-/m0/s1. The Balaban J connectivity index is 1.68. The summed E-state index contributed by atoms with van der Waals surface area (Å²) in [7, 11) is 1.76. The number of rotatable bonds is 8. The molecule has 224 valence electrons. The molecule has 0 bridgehead atoms. The lowest BCUT2D eigenvalue weighted by Gasteiger charge is -2.39. The molecule has 7 nitrogen and oxygen atoms in total. The van der Waals surface area contributed by atoms with Crippen molar-refractivity contribution in [1.82, 2.24) is 9.80 Å². The van der Waals surface area contributed by atoms with Crippen LogP contribution >= 0.6 is 22.6 Å². The SMILES string of the molecule is CN1C(=O)[C@H](Cc2cc(OCc3ccccc3)c(OCc3ccccc3)cc2I)N(C(=O)OC(C)(C)C)[C@H]1C(C)(C)C. The normalized spacial score (nSPS) is 17.4. The van der Waals surface area contributed by atoms with Gasteiger partial charge in [0.05, 0.1) is 0 Å². The first-order valence-corrected chi connectivity index (χ1v) is 15.3. The molecule has 8 heteroatoms. The van der Waals surface area contributed by atoms with Crippen molar-refractivity contribution < 1.29 is 23.8 Å². The van der Waals surface area contributed by atoms with Crippen LogP contribution in [0, 0.1) is 8.99 Å². The van der Waals surface area contributed by atoms with Gasteiger partial charge in [0.25, 0.3) is 0 Å². The number of ether oxygens (including phenoxy) is 3. The van der Waals surface area contributed by atoms with E-state index in [-0.39, 0.29) is 11.3 Å². The molecule has 1 heterocycles. The van der Waals surface area contributed by atoms with Gasteiger partial charge in [-0.2, -0.15) is 0 Å². The number of amides is 2. The molecule has 1 fully saturated rings. The van der Waals surface area contributed by atoms with Gasteiger partial charge in [-0.05, 0) is 72.2 Å². The summed E-state index contributed by atoms with van der Waals surface area (Å²) in [4.78, 5) is 30.6. The number of carbonyl (C=O) groups excluding carboxylic acids is 2. The number of likely N-dealkylation sites (N-methyl/N-ethyl adjacent to an activating group) is 1. The van der Waals surface area contributed by atoms with E-state index in [1.165, 1.54) is 0 Å². The zero-order valence-electron chi connectivity index (χ0n) is 25.5. The molecule has 0 N–H and O–H groups in total. The van der Waals surface area contributed by atoms with Crippen molar-refractivity contribution in [2.45, 2.75) is 79.0 Å². The molecule has 2 amide bonds. The summed E-state index contributed by atoms with van der Waals surface area (Å²) in [6.45, 7) is 12.3. The highest BCUT2D eigenvalue weighted by atomic mass is 127. The van der Waals surface area contributed by atoms with Crippen molar-refractivity contribution in [3.63, 3.8) is 0 Å². The van der Waals surface area contributed by atoms with Crippen LogP contribution in [0.2, 0.25) is 0 Å². The third-order valence-electron chi connectivity index (χ3n) is 6.98. The van der Waals surface area contributed by atoms with Crippen LogP contribution < -0.4 is 9.47 Å². The first kappa shape index (κ1) is 31.7. The number of halogens is 1. The number of hydrogen-bond donors (Lipinski definition) is 0. The molecular weight excluding hydrogens is 643 g/mol. The summed E-state index contributed by atoms with van der Waals surface area (Å²) in [5.74, 6) is 1.09. The highest BCUT2D eigenvalue weighted by Gasteiger charge is 2.52. The zero-order valence-corrected chi connectivity index (χ0v) is 27.7. The molecule has 0 unspecified atom stereocenters. The number of hydrogen-bond acceptors (Lipinski definition) is 5. The van der Waals surface area contributed by atoms with Gasteiger partial charge in [-0.15, -0.1) is 0 Å². The van der Waals surface area contributed by atoms with Gasteiger partial charge in [0.15, 0.2) is 11.5 Å². The molecule has 42 heavy (non-hydrogen) atoms. The van der Waals surface area contributed by atoms with Gasteiger partial charge in [-0.1, -0.05) is 81.4 Å². The molecule has 3 aromatic carbocycles. The lowest BCUT2D eigenvalue weighted by molar-refractivity contribution is -0.129. The van der Waals surface area contributed by atoms with Gasteiger partial charge < -0.3 is 19.1 Å². The number of nitrogens with zero attached hydrogens (tertiary/aromatic N) is 2. The maximum absolute atomic E-state index is 13.7. The maximum Gasteiger partial charge on any atom is 0.412 e. The second kappa shape index (κ2) is 12.9. The molecule has 0 saturated carbocycles. The molecule has 3 aromatic rings. The third-order valence-corrected chi connectivity index (χ3v) is 7.98. The molecule has 1 aliphatic rings. The molecule has 1 aliphatic heterocycles. The van der Waals surface area contributed by atoms with E-state index in [1.54, 1.807) is 16.8 Å². The van der Waals surface area contributed by atoms with Gasteiger partial charge in [0.2, 0.25) is 5.91 Å². The Morgan fingerprint density at radius 2 is 1.33 bits per heavy atom. The first-order chi connectivity index (χ1) is 19.7. The zero-order chi connectivity index (χ0) is 30.7. The van der Waals surface area contributed by atoms with Crippen molar-refractivity contribution in [2.75, 3.05) is 7.05 Å². The maximum atomic E-state index is 13.7. The minimum atomic E-state index is -0.722. The van der Waals surface area contributed by atoms with E-state index < -0.39 is 23.9 Å². The van der Waals surface area contributed by atoms with E-state index >= 15 is 0 Å². The summed E-state index contributed by atoms with van der Waals surface area (Å²) in [6, 6.07) is 23.1. The van der Waals surface area contributed by atoms with Gasteiger partial charge >= 0.3 is 6.09 Å². The largest absolute Gasteiger partial charge is 0.485 e. The highest BCUT2D eigenvalue weighted by molar-refractivity contribution is 14.1. The van der Waals surface area contributed by atoms with Crippen molar-refractivity contribution in [1.29, 1.82) is 0 Å². The van der Waals surface area contributed by atoms with Gasteiger partial charge in [0.1, 0.15) is 31.0 Å². The Kier molecular flexibility index (Phi) is 9.75. The highest BCUT2D eigenvalue weighted by Crippen LogP contribution is 2.39. The van der Waals surface area contributed by atoms with Crippen LogP contribution in [0.4, 0.5) is 4.79 Å². The van der Waals surface area contributed by atoms with E-state index in [0.717, 1.165) is 20.3 Å². The third kappa shape index (κ3) is 7.76. The summed E-state index contributed by atoms with van der Waals surface area (Å²) in [5, 5.41) is 0. The predicted molar refractivity (Wildman–Crippen MR) is 172 cm³/mol. The first-order valence-electron chi connectivity index (χ1n) is 14.2. The minimum Gasteiger partial charge on any atom is -0.485 e. The van der Waals surface area contributed by atoms with Crippen LogP contribution in [0.5, 0.6) is 11.5 Å². The van der Waals surface area contributed by atoms with Crippen molar-refractivity contribution in [3.05, 3.63) is 93.1 Å². The van der Waals surface area contributed by atoms with Gasteiger partial charge in [0, 0.05) is 22.5 Å². The van der Waals surface area contributed by atoms with Crippen LogP contribution in [0.15, 0.2) is 72.8 Å². The summed E-state index contributed by atoms with van der Waals surface area (Å²) in [6.07, 6.45) is -0.637. The molecule has 1 saturated heterocycles. The Hall–Kier alpha value is -3.27. The Bertz CT molecular complexity index is 1380. The Morgan fingerprint density at radius 1 is 0.833 bits per heavy atom. The van der Waals surface area contributed by atoms with Crippen molar-refractivity contribution >= 4 is 34.6 Å². The second-order valence-corrected chi connectivity index (χ2v) is 13.9. The fraction of sp³-hybridized carbons (Fsp3) is 0.412. The molecular formula is C34H41IN2O5. The van der Waals surface area contributed by atoms with Crippen LogP contribution in [0.3, 0.4) is 0 Å². The van der Waals surface area contributed by atoms with E-state index in [9.17, 15) is 9.59 Å². The van der Waals surface area contributed by atoms with Gasteiger partial charge in [-0.25, -0.2) is 4.79 Å². The van der Waals surface area contributed by atoms with Crippen LogP contribution in [0.25, 0.3) is 0 Å². The molecule has 0 radical (unpaired) electrons. The number of carbonyl (C=O) groups is 2. The van der Waals surface area contributed by atoms with Crippen molar-refractivity contribution in [2.24, 2.45) is 5.41 Å². The average molecular weight is 685 g/mol. The Labute approximate surface area is 263 Å². The summed E-state index contributed by atoms with van der Waals surface area (Å²) >= 11 is 2.27. The molecule has 0 spiro atoms. The summed E-state index contributed by atoms with van der Waals surface area (Å²) < 4.78 is 19.3. The van der Waals surface area contributed by atoms with Crippen LogP contribution in [0.1, 0.15) is 58.2 Å². The minimum absolute atomic E-state index is 0.118.